The summed E-state index contributed by atoms with van der Waals surface area (Å²) in [6.45, 7) is 1.62. The van der Waals surface area contributed by atoms with Crippen LogP contribution in [-0.2, 0) is 6.18 Å². The zero-order valence-electron chi connectivity index (χ0n) is 11.6. The minimum absolute atomic E-state index is 0.322. The first kappa shape index (κ1) is 14.3. The molecule has 3 nitrogen and oxygen atoms in total. The number of benzene rings is 1. The topological polar surface area (TPSA) is 39.8 Å². The molecule has 1 saturated heterocycles. The van der Waals surface area contributed by atoms with Crippen molar-refractivity contribution >= 4 is 16.6 Å². The van der Waals surface area contributed by atoms with Crippen LogP contribution in [0.5, 0.6) is 0 Å². The van der Waals surface area contributed by atoms with Gasteiger partial charge in [-0.2, -0.15) is 13.2 Å². The van der Waals surface area contributed by atoms with Crippen molar-refractivity contribution in [2.45, 2.75) is 31.5 Å². The van der Waals surface area contributed by atoms with Gasteiger partial charge in [-0.25, -0.2) is 0 Å². The first-order valence-corrected chi connectivity index (χ1v) is 7.19. The lowest BCUT2D eigenvalue weighted by Gasteiger charge is -2.24. The number of nitrogens with one attached hydrogen (secondary N) is 3. The summed E-state index contributed by atoms with van der Waals surface area (Å²) in [6.07, 6.45) is 0.722. The fourth-order valence-corrected chi connectivity index (χ4v) is 2.81. The molecule has 0 saturated carbocycles. The maximum Gasteiger partial charge on any atom is 0.416 e. The third-order valence-electron chi connectivity index (χ3n) is 3.95. The fourth-order valence-electron chi connectivity index (χ4n) is 2.81. The molecule has 0 spiro atoms. The Morgan fingerprint density at radius 1 is 1.24 bits per heavy atom. The quantitative estimate of drug-likeness (QED) is 0.807. The normalized spacial score (nSPS) is 19.9. The highest BCUT2D eigenvalue weighted by Gasteiger charge is 2.31. The van der Waals surface area contributed by atoms with E-state index >= 15 is 0 Å². The molecule has 0 amide bonds. The molecule has 0 bridgehead atoms. The van der Waals surface area contributed by atoms with Gasteiger partial charge in [0.25, 0.3) is 0 Å². The highest BCUT2D eigenvalue weighted by atomic mass is 19.4. The van der Waals surface area contributed by atoms with Crippen molar-refractivity contribution in [3.05, 3.63) is 30.0 Å². The van der Waals surface area contributed by atoms with Crippen molar-refractivity contribution in [2.24, 2.45) is 0 Å². The molecule has 6 heteroatoms. The van der Waals surface area contributed by atoms with Crippen molar-refractivity contribution in [3.63, 3.8) is 0 Å². The van der Waals surface area contributed by atoms with Gasteiger partial charge in [0.1, 0.15) is 0 Å². The first-order valence-electron chi connectivity index (χ1n) is 7.19. The van der Waals surface area contributed by atoms with E-state index < -0.39 is 11.7 Å². The maximum atomic E-state index is 12.9. The predicted molar refractivity (Wildman–Crippen MR) is 77.4 cm³/mol. The summed E-state index contributed by atoms with van der Waals surface area (Å²) in [5.74, 6) is 0. The molecule has 1 aliphatic rings. The Balaban J connectivity index is 1.84. The zero-order valence-corrected chi connectivity index (χ0v) is 11.6. The standard InChI is InChI=1S/C15H18F3N3/c16-15(17,18)10-7-13-12(4-6-20-13)14(8-10)21-9-11-3-1-2-5-19-11/h4,6-8,11,19-21H,1-3,5,9H2. The van der Waals surface area contributed by atoms with Crippen LogP contribution in [0, 0.1) is 0 Å². The number of anilines is 1. The molecule has 1 aromatic heterocycles. The second-order valence-electron chi connectivity index (χ2n) is 5.49. The average molecular weight is 297 g/mol. The van der Waals surface area contributed by atoms with Crippen LogP contribution >= 0.6 is 0 Å². The number of piperidine rings is 1. The van der Waals surface area contributed by atoms with E-state index in [1.807, 2.05) is 0 Å². The van der Waals surface area contributed by atoms with E-state index in [0.29, 0.717) is 23.8 Å². The molecule has 1 aliphatic heterocycles. The Hall–Kier alpha value is -1.69. The molecule has 2 heterocycles. The largest absolute Gasteiger partial charge is 0.416 e. The smallest absolute Gasteiger partial charge is 0.383 e. The number of H-pyrrole nitrogens is 1. The van der Waals surface area contributed by atoms with Crippen LogP contribution < -0.4 is 10.6 Å². The van der Waals surface area contributed by atoms with Crippen LogP contribution in [0.3, 0.4) is 0 Å². The molecule has 114 valence electrons. The van der Waals surface area contributed by atoms with Crippen molar-refractivity contribution in [2.75, 3.05) is 18.4 Å². The van der Waals surface area contributed by atoms with Crippen molar-refractivity contribution in [1.82, 2.24) is 10.3 Å². The Morgan fingerprint density at radius 3 is 2.81 bits per heavy atom. The number of rotatable bonds is 3. The van der Waals surface area contributed by atoms with Gasteiger partial charge in [-0.05, 0) is 37.6 Å². The lowest BCUT2D eigenvalue weighted by Crippen LogP contribution is -2.39. The second-order valence-corrected chi connectivity index (χ2v) is 5.49. The third-order valence-corrected chi connectivity index (χ3v) is 3.95. The fraction of sp³-hybridized carbons (Fsp3) is 0.467. The number of halogens is 3. The van der Waals surface area contributed by atoms with Crippen molar-refractivity contribution < 1.29 is 13.2 Å². The maximum absolute atomic E-state index is 12.9. The molecule has 1 fully saturated rings. The first-order chi connectivity index (χ1) is 10.0. The van der Waals surface area contributed by atoms with E-state index in [2.05, 4.69) is 15.6 Å². The van der Waals surface area contributed by atoms with Crippen molar-refractivity contribution in [1.29, 1.82) is 0 Å². The van der Waals surface area contributed by atoms with Gasteiger partial charge in [0.2, 0.25) is 0 Å². The van der Waals surface area contributed by atoms with Crippen LogP contribution in [0.15, 0.2) is 24.4 Å². The number of hydrogen-bond acceptors (Lipinski definition) is 2. The monoisotopic (exact) mass is 297 g/mol. The molecule has 3 rings (SSSR count). The van der Waals surface area contributed by atoms with Crippen molar-refractivity contribution in [3.8, 4) is 0 Å². The van der Waals surface area contributed by atoms with Gasteiger partial charge >= 0.3 is 6.18 Å². The van der Waals surface area contributed by atoms with E-state index in [1.54, 1.807) is 12.3 Å². The van der Waals surface area contributed by atoms with Gasteiger partial charge in [-0.1, -0.05) is 6.42 Å². The van der Waals surface area contributed by atoms with Crippen LogP contribution in [0.1, 0.15) is 24.8 Å². The van der Waals surface area contributed by atoms with Crippen LogP contribution in [-0.4, -0.2) is 24.1 Å². The van der Waals surface area contributed by atoms with Gasteiger partial charge < -0.3 is 15.6 Å². The van der Waals surface area contributed by atoms with Gasteiger partial charge in [0.05, 0.1) is 5.56 Å². The van der Waals surface area contributed by atoms with Gasteiger partial charge in [0.15, 0.2) is 0 Å². The van der Waals surface area contributed by atoms with Gasteiger partial charge in [-0.15, -0.1) is 0 Å². The summed E-state index contributed by atoms with van der Waals surface area (Å²) in [5.41, 5.74) is 0.411. The van der Waals surface area contributed by atoms with E-state index in [0.717, 1.165) is 24.4 Å². The molecule has 1 aromatic carbocycles. The van der Waals surface area contributed by atoms with E-state index in [4.69, 9.17) is 0 Å². The highest BCUT2D eigenvalue weighted by molar-refractivity contribution is 5.92. The molecular formula is C15H18F3N3. The van der Waals surface area contributed by atoms with Crippen LogP contribution in [0.2, 0.25) is 0 Å². The van der Waals surface area contributed by atoms with Gasteiger partial charge in [0, 0.05) is 35.4 Å². The lowest BCUT2D eigenvalue weighted by molar-refractivity contribution is -0.137. The number of fused-ring (bicyclic) bond motifs is 1. The molecule has 2 aromatic rings. The summed E-state index contributed by atoms with van der Waals surface area (Å²) < 4.78 is 38.8. The lowest BCUT2D eigenvalue weighted by atomic mass is 10.0. The predicted octanol–water partition coefficient (Wildman–Crippen LogP) is 3.74. The second kappa shape index (κ2) is 5.60. The Bertz CT molecular complexity index is 612. The molecule has 3 N–H and O–H groups in total. The number of aromatic nitrogens is 1. The van der Waals surface area contributed by atoms with Crippen LogP contribution in [0.4, 0.5) is 18.9 Å². The average Bonchev–Trinajstić information content (AvgIpc) is 2.93. The molecule has 1 atom stereocenters. The van der Waals surface area contributed by atoms with E-state index in [-0.39, 0.29) is 0 Å². The Labute approximate surface area is 120 Å². The number of hydrogen-bond donors (Lipinski definition) is 3. The van der Waals surface area contributed by atoms with Crippen LogP contribution in [0.25, 0.3) is 10.9 Å². The molecule has 0 aliphatic carbocycles. The number of alkyl halides is 3. The zero-order chi connectivity index (χ0) is 14.9. The molecular weight excluding hydrogens is 279 g/mol. The summed E-state index contributed by atoms with van der Waals surface area (Å²) >= 11 is 0. The van der Waals surface area contributed by atoms with E-state index in [1.165, 1.54) is 18.9 Å². The third kappa shape index (κ3) is 3.15. The van der Waals surface area contributed by atoms with Gasteiger partial charge in [-0.3, -0.25) is 0 Å². The number of aromatic amines is 1. The summed E-state index contributed by atoms with van der Waals surface area (Å²) in [6, 6.07) is 4.46. The summed E-state index contributed by atoms with van der Waals surface area (Å²) in [4.78, 5) is 2.85. The Morgan fingerprint density at radius 2 is 2.10 bits per heavy atom. The summed E-state index contributed by atoms with van der Waals surface area (Å²) in [5, 5.41) is 7.35. The molecule has 0 radical (unpaired) electrons. The minimum atomic E-state index is -4.33. The molecule has 21 heavy (non-hydrogen) atoms. The SMILES string of the molecule is FC(F)(F)c1cc(NCC2CCCCN2)c2cc[nH]c2c1. The minimum Gasteiger partial charge on any atom is -0.383 e. The highest BCUT2D eigenvalue weighted by Crippen LogP contribution is 2.35. The molecule has 1 unspecified atom stereocenters. The summed E-state index contributed by atoms with van der Waals surface area (Å²) in [7, 11) is 0. The Kier molecular flexibility index (Phi) is 3.80. The van der Waals surface area contributed by atoms with E-state index in [9.17, 15) is 13.2 Å².